The summed E-state index contributed by atoms with van der Waals surface area (Å²) in [5.41, 5.74) is 0.608. The van der Waals surface area contributed by atoms with Crippen molar-refractivity contribution in [1.29, 1.82) is 0 Å². The van der Waals surface area contributed by atoms with Gasteiger partial charge in [0.1, 0.15) is 17.9 Å². The molecule has 0 radical (unpaired) electrons. The molecule has 3 aromatic carbocycles. The van der Waals surface area contributed by atoms with Crippen molar-refractivity contribution in [1.82, 2.24) is 4.72 Å². The second-order valence-corrected chi connectivity index (χ2v) is 9.39. The van der Waals surface area contributed by atoms with Crippen LogP contribution in [0.4, 0.5) is 0 Å². The van der Waals surface area contributed by atoms with E-state index in [4.69, 9.17) is 9.15 Å². The first-order chi connectivity index (χ1) is 15.3. The lowest BCUT2D eigenvalue weighted by Gasteiger charge is -2.09. The zero-order valence-electron chi connectivity index (χ0n) is 16.4. The van der Waals surface area contributed by atoms with Gasteiger partial charge >= 0.3 is 5.91 Å². The smallest absolute Gasteiger partial charge is 0.300 e. The van der Waals surface area contributed by atoms with Crippen molar-refractivity contribution in [2.45, 2.75) is 11.5 Å². The SMILES string of the molecule is O=C(NS(=O)(=O)c1ccc(Br)cc1)c1cc(=O)c2cc(OCc3ccccc3)ccc2o1. The zero-order valence-corrected chi connectivity index (χ0v) is 18.9. The van der Waals surface area contributed by atoms with Gasteiger partial charge in [-0.05, 0) is 48.0 Å². The van der Waals surface area contributed by atoms with E-state index in [0.717, 1.165) is 11.6 Å². The Labute approximate surface area is 191 Å². The molecule has 7 nitrogen and oxygen atoms in total. The van der Waals surface area contributed by atoms with E-state index in [2.05, 4.69) is 15.9 Å². The van der Waals surface area contributed by atoms with Crippen LogP contribution in [0.2, 0.25) is 0 Å². The number of benzene rings is 3. The Balaban J connectivity index is 1.55. The van der Waals surface area contributed by atoms with E-state index in [0.29, 0.717) is 16.8 Å². The molecular formula is C23H16BrNO6S. The molecule has 4 rings (SSSR count). The maximum Gasteiger partial charge on any atom is 0.300 e. The van der Waals surface area contributed by atoms with E-state index in [9.17, 15) is 18.0 Å². The fraction of sp³-hybridized carbons (Fsp3) is 0.0435. The van der Waals surface area contributed by atoms with Gasteiger partial charge in [-0.15, -0.1) is 0 Å². The normalized spacial score (nSPS) is 11.3. The van der Waals surface area contributed by atoms with Crippen LogP contribution in [0.3, 0.4) is 0 Å². The molecule has 0 unspecified atom stereocenters. The van der Waals surface area contributed by atoms with Crippen molar-refractivity contribution < 1.29 is 22.4 Å². The lowest BCUT2D eigenvalue weighted by atomic mass is 10.2. The number of amides is 1. The largest absolute Gasteiger partial charge is 0.489 e. The van der Waals surface area contributed by atoms with Crippen molar-refractivity contribution in [3.05, 3.63) is 105 Å². The molecule has 1 aromatic heterocycles. The Kier molecular flexibility index (Phi) is 6.11. The number of halogens is 1. The number of nitrogens with one attached hydrogen (secondary N) is 1. The molecule has 0 fully saturated rings. The molecule has 0 saturated heterocycles. The molecule has 9 heteroatoms. The monoisotopic (exact) mass is 513 g/mol. The molecule has 1 heterocycles. The third kappa shape index (κ3) is 4.90. The average molecular weight is 514 g/mol. The van der Waals surface area contributed by atoms with Crippen molar-refractivity contribution in [3.8, 4) is 5.75 Å². The van der Waals surface area contributed by atoms with Gasteiger partial charge in [-0.25, -0.2) is 13.1 Å². The van der Waals surface area contributed by atoms with Gasteiger partial charge in [0.2, 0.25) is 0 Å². The van der Waals surface area contributed by atoms with Gasteiger partial charge in [0.05, 0.1) is 10.3 Å². The summed E-state index contributed by atoms with van der Waals surface area (Å²) in [6.07, 6.45) is 0. The maximum absolute atomic E-state index is 12.6. The van der Waals surface area contributed by atoms with Crippen LogP contribution in [0.1, 0.15) is 16.1 Å². The summed E-state index contributed by atoms with van der Waals surface area (Å²) in [4.78, 5) is 24.9. The first kappa shape index (κ1) is 21.8. The van der Waals surface area contributed by atoms with Crippen LogP contribution in [-0.2, 0) is 16.6 Å². The summed E-state index contributed by atoms with van der Waals surface area (Å²) in [6, 6.07) is 20.9. The first-order valence-corrected chi connectivity index (χ1v) is 11.7. The van der Waals surface area contributed by atoms with Gasteiger partial charge in [-0.2, -0.15) is 0 Å². The molecule has 0 saturated carbocycles. The standard InChI is InChI=1S/C23H16BrNO6S/c24-16-6-9-18(10-7-16)32(28,29)25-23(27)22-13-20(26)19-12-17(8-11-21(19)31-22)30-14-15-4-2-1-3-5-15/h1-13H,14H2,(H,25,27). The van der Waals surface area contributed by atoms with Crippen LogP contribution in [0.15, 0.2) is 97.4 Å². The van der Waals surface area contributed by atoms with E-state index in [1.807, 2.05) is 35.1 Å². The molecule has 4 aromatic rings. The van der Waals surface area contributed by atoms with Crippen molar-refractivity contribution >= 4 is 42.8 Å². The highest BCUT2D eigenvalue weighted by Crippen LogP contribution is 2.21. The van der Waals surface area contributed by atoms with Gasteiger partial charge < -0.3 is 9.15 Å². The molecular weight excluding hydrogens is 498 g/mol. The molecule has 1 amide bonds. The second kappa shape index (κ2) is 8.97. The van der Waals surface area contributed by atoms with Gasteiger partial charge in [0.15, 0.2) is 11.2 Å². The topological polar surface area (TPSA) is 103 Å². The van der Waals surface area contributed by atoms with E-state index in [1.165, 1.54) is 36.4 Å². The quantitative estimate of drug-likeness (QED) is 0.413. The van der Waals surface area contributed by atoms with Gasteiger partial charge in [0, 0.05) is 10.5 Å². The predicted molar refractivity (Wildman–Crippen MR) is 122 cm³/mol. The Morgan fingerprint density at radius 1 is 0.969 bits per heavy atom. The average Bonchev–Trinajstić information content (AvgIpc) is 2.78. The molecule has 0 aliphatic heterocycles. The molecule has 0 atom stereocenters. The number of hydrogen-bond acceptors (Lipinski definition) is 6. The number of fused-ring (bicyclic) bond motifs is 1. The number of rotatable bonds is 6. The Bertz CT molecular complexity index is 1450. The van der Waals surface area contributed by atoms with Crippen LogP contribution in [0.5, 0.6) is 5.75 Å². The number of carbonyl (C=O) groups is 1. The third-order valence-corrected chi connectivity index (χ3v) is 6.40. The Morgan fingerprint density at radius 2 is 1.69 bits per heavy atom. The highest BCUT2D eigenvalue weighted by molar-refractivity contribution is 9.10. The molecule has 32 heavy (non-hydrogen) atoms. The fourth-order valence-corrected chi connectivity index (χ4v) is 4.14. The number of ether oxygens (including phenoxy) is 1. The summed E-state index contributed by atoms with van der Waals surface area (Å²) in [5.74, 6) is -0.999. The van der Waals surface area contributed by atoms with E-state index >= 15 is 0 Å². The summed E-state index contributed by atoms with van der Waals surface area (Å²) < 4.78 is 38.6. The van der Waals surface area contributed by atoms with Crippen molar-refractivity contribution in [2.75, 3.05) is 0 Å². The van der Waals surface area contributed by atoms with Crippen LogP contribution >= 0.6 is 15.9 Å². The van der Waals surface area contributed by atoms with E-state index in [1.54, 1.807) is 6.07 Å². The van der Waals surface area contributed by atoms with Gasteiger partial charge in [-0.1, -0.05) is 46.3 Å². The minimum atomic E-state index is -4.13. The first-order valence-electron chi connectivity index (χ1n) is 9.39. The summed E-state index contributed by atoms with van der Waals surface area (Å²) in [6.45, 7) is 0.325. The summed E-state index contributed by atoms with van der Waals surface area (Å²) in [5, 5.41) is 0.211. The highest BCUT2D eigenvalue weighted by Gasteiger charge is 2.21. The predicted octanol–water partition coefficient (Wildman–Crippen LogP) is 4.25. The lowest BCUT2D eigenvalue weighted by molar-refractivity contribution is 0.0955. The summed E-state index contributed by atoms with van der Waals surface area (Å²) >= 11 is 3.22. The summed E-state index contributed by atoms with van der Waals surface area (Å²) in [7, 11) is -4.13. The van der Waals surface area contributed by atoms with Gasteiger partial charge in [-0.3, -0.25) is 9.59 Å². The van der Waals surface area contributed by atoms with Crippen LogP contribution in [0.25, 0.3) is 11.0 Å². The van der Waals surface area contributed by atoms with Crippen LogP contribution in [-0.4, -0.2) is 14.3 Å². The number of carbonyl (C=O) groups excluding carboxylic acids is 1. The van der Waals surface area contributed by atoms with E-state index in [-0.39, 0.29) is 15.9 Å². The minimum Gasteiger partial charge on any atom is -0.489 e. The van der Waals surface area contributed by atoms with E-state index < -0.39 is 27.1 Å². The second-order valence-electron chi connectivity index (χ2n) is 6.80. The molecule has 0 spiro atoms. The number of hydrogen-bond donors (Lipinski definition) is 1. The van der Waals surface area contributed by atoms with Gasteiger partial charge in [0.25, 0.3) is 10.0 Å². The number of sulfonamides is 1. The Morgan fingerprint density at radius 3 is 2.41 bits per heavy atom. The molecule has 0 bridgehead atoms. The third-order valence-electron chi connectivity index (χ3n) is 4.52. The fourth-order valence-electron chi connectivity index (χ4n) is 2.92. The molecule has 0 aliphatic carbocycles. The molecule has 1 N–H and O–H groups in total. The zero-order chi connectivity index (χ0) is 22.7. The minimum absolute atomic E-state index is 0.0996. The maximum atomic E-state index is 12.6. The highest BCUT2D eigenvalue weighted by atomic mass is 79.9. The Hall–Kier alpha value is -3.43. The van der Waals surface area contributed by atoms with Crippen molar-refractivity contribution in [2.24, 2.45) is 0 Å². The van der Waals surface area contributed by atoms with Crippen molar-refractivity contribution in [3.63, 3.8) is 0 Å². The molecule has 0 aliphatic rings. The lowest BCUT2D eigenvalue weighted by Crippen LogP contribution is -2.31. The van der Waals surface area contributed by atoms with Crippen LogP contribution in [0, 0.1) is 0 Å². The van der Waals surface area contributed by atoms with Crippen LogP contribution < -0.4 is 14.9 Å². The molecule has 162 valence electrons.